The molecule has 1 aliphatic heterocycles. The molecule has 1 aliphatic carbocycles. The number of nitrogens with zero attached hydrogens (tertiary/aromatic N) is 1. The van der Waals surface area contributed by atoms with Crippen molar-refractivity contribution in [3.05, 3.63) is 29.8 Å². The van der Waals surface area contributed by atoms with Gasteiger partial charge in [-0.25, -0.2) is 0 Å². The molecule has 1 aromatic rings. The summed E-state index contributed by atoms with van der Waals surface area (Å²) in [6.07, 6.45) is 3.97. The third-order valence-corrected chi connectivity index (χ3v) is 4.81. The number of likely N-dealkylation sites (tertiary alicyclic amines) is 1. The molecule has 1 atom stereocenters. The summed E-state index contributed by atoms with van der Waals surface area (Å²) < 4.78 is 5.45. The van der Waals surface area contributed by atoms with Crippen molar-refractivity contribution in [1.29, 1.82) is 0 Å². The fourth-order valence-corrected chi connectivity index (χ4v) is 3.49. The van der Waals surface area contributed by atoms with Crippen LogP contribution in [0.4, 0.5) is 0 Å². The molecule has 1 saturated carbocycles. The van der Waals surface area contributed by atoms with E-state index in [1.165, 1.54) is 5.56 Å². The van der Waals surface area contributed by atoms with Gasteiger partial charge in [0.05, 0.1) is 7.11 Å². The van der Waals surface area contributed by atoms with Crippen molar-refractivity contribution in [3.63, 3.8) is 0 Å². The van der Waals surface area contributed by atoms with E-state index in [1.54, 1.807) is 7.11 Å². The lowest BCUT2D eigenvalue weighted by atomic mass is 9.75. The zero-order valence-corrected chi connectivity index (χ0v) is 12.8. The Morgan fingerprint density at radius 3 is 2.71 bits per heavy atom. The van der Waals surface area contributed by atoms with E-state index in [2.05, 4.69) is 17.4 Å². The number of methoxy groups -OCH3 is 1. The number of hydrogen-bond acceptors (Lipinski definition) is 3. The van der Waals surface area contributed by atoms with E-state index in [4.69, 9.17) is 4.74 Å². The summed E-state index contributed by atoms with van der Waals surface area (Å²) in [4.78, 5) is 13.3. The Morgan fingerprint density at radius 1 is 1.24 bits per heavy atom. The van der Waals surface area contributed by atoms with Gasteiger partial charge in [0.2, 0.25) is 5.91 Å². The number of rotatable bonds is 4. The quantitative estimate of drug-likeness (QED) is 0.923. The molecule has 3 rings (SSSR count). The van der Waals surface area contributed by atoms with Crippen LogP contribution >= 0.6 is 0 Å². The highest BCUT2D eigenvalue weighted by atomic mass is 16.5. The Bertz CT molecular complexity index is 511. The van der Waals surface area contributed by atoms with E-state index in [0.717, 1.165) is 31.6 Å². The minimum atomic E-state index is 0.272. The van der Waals surface area contributed by atoms with Crippen LogP contribution in [0.25, 0.3) is 0 Å². The minimum Gasteiger partial charge on any atom is -0.496 e. The van der Waals surface area contributed by atoms with Crippen LogP contribution in [-0.2, 0) is 4.79 Å². The first-order valence-corrected chi connectivity index (χ1v) is 7.80. The van der Waals surface area contributed by atoms with Gasteiger partial charge in [-0.15, -0.1) is 0 Å². The lowest BCUT2D eigenvalue weighted by Crippen LogP contribution is -2.52. The molecule has 1 saturated heterocycles. The Morgan fingerprint density at radius 2 is 2.00 bits per heavy atom. The molecular weight excluding hydrogens is 264 g/mol. The molecule has 1 aromatic carbocycles. The topological polar surface area (TPSA) is 41.6 Å². The van der Waals surface area contributed by atoms with Gasteiger partial charge in [-0.05, 0) is 36.8 Å². The molecule has 114 valence electrons. The van der Waals surface area contributed by atoms with Crippen molar-refractivity contribution in [1.82, 2.24) is 10.2 Å². The average Bonchev–Trinajstić information content (AvgIpc) is 2.46. The van der Waals surface area contributed by atoms with Crippen molar-refractivity contribution in [2.75, 3.05) is 20.7 Å². The van der Waals surface area contributed by atoms with Crippen LogP contribution in [0, 0.1) is 0 Å². The van der Waals surface area contributed by atoms with Gasteiger partial charge in [0, 0.05) is 32.1 Å². The first-order chi connectivity index (χ1) is 10.2. The molecule has 0 bridgehead atoms. The van der Waals surface area contributed by atoms with Gasteiger partial charge in [-0.3, -0.25) is 4.79 Å². The molecular formula is C17H24N2O2. The number of carbonyl (C=O) groups excluding carboxylic acids is 1. The first kappa shape index (κ1) is 14.4. The third-order valence-electron chi connectivity index (χ3n) is 4.81. The number of likely N-dealkylation sites (N-methyl/N-ethyl adjacent to an activating group) is 1. The van der Waals surface area contributed by atoms with Gasteiger partial charge in [-0.1, -0.05) is 18.2 Å². The molecule has 2 fully saturated rings. The Hall–Kier alpha value is -1.55. The van der Waals surface area contributed by atoms with Crippen molar-refractivity contribution in [2.45, 2.75) is 43.7 Å². The second kappa shape index (κ2) is 6.06. The van der Waals surface area contributed by atoms with Crippen LogP contribution in [0.1, 0.15) is 37.2 Å². The summed E-state index contributed by atoms with van der Waals surface area (Å²) in [5.41, 5.74) is 1.33. The number of hydrogen-bond donors (Lipinski definition) is 1. The van der Waals surface area contributed by atoms with Crippen molar-refractivity contribution < 1.29 is 9.53 Å². The number of benzene rings is 1. The van der Waals surface area contributed by atoms with Crippen LogP contribution in [-0.4, -0.2) is 43.6 Å². The summed E-state index contributed by atoms with van der Waals surface area (Å²) in [6.45, 7) is 0.842. The highest BCUT2D eigenvalue weighted by molar-refractivity contribution is 5.76. The number of ether oxygens (including phenoxy) is 1. The van der Waals surface area contributed by atoms with Gasteiger partial charge >= 0.3 is 0 Å². The van der Waals surface area contributed by atoms with Crippen LogP contribution in [0.3, 0.4) is 0 Å². The summed E-state index contributed by atoms with van der Waals surface area (Å²) in [5, 5.41) is 3.71. The largest absolute Gasteiger partial charge is 0.496 e. The van der Waals surface area contributed by atoms with Gasteiger partial charge in [0.15, 0.2) is 0 Å². The maximum atomic E-state index is 11.5. The van der Waals surface area contributed by atoms with Crippen LogP contribution in [0.15, 0.2) is 24.3 Å². The predicted octanol–water partition coefficient (Wildman–Crippen LogP) is 2.15. The number of nitrogens with one attached hydrogen (secondary N) is 1. The standard InChI is InChI=1S/C17H24N2O2/c1-19-11-13(7-8-17(19)20)18-14-9-12(10-14)15-5-3-4-6-16(15)21-2/h3-6,12-14,18H,7-11H2,1-2H3. The van der Waals surface area contributed by atoms with Gasteiger partial charge < -0.3 is 15.0 Å². The highest BCUT2D eigenvalue weighted by Crippen LogP contribution is 2.41. The number of piperidine rings is 1. The maximum Gasteiger partial charge on any atom is 0.222 e. The molecule has 4 heteroatoms. The van der Waals surface area contributed by atoms with E-state index in [9.17, 15) is 4.79 Å². The maximum absolute atomic E-state index is 11.5. The molecule has 0 spiro atoms. The SMILES string of the molecule is COc1ccccc1C1CC(NC2CCC(=O)N(C)C2)C1. The fraction of sp³-hybridized carbons (Fsp3) is 0.588. The number of para-hydroxylation sites is 1. The minimum absolute atomic E-state index is 0.272. The molecule has 4 nitrogen and oxygen atoms in total. The second-order valence-corrected chi connectivity index (χ2v) is 6.28. The summed E-state index contributed by atoms with van der Waals surface area (Å²) in [6, 6.07) is 9.35. The Kier molecular flexibility index (Phi) is 4.15. The predicted molar refractivity (Wildman–Crippen MR) is 82.6 cm³/mol. The van der Waals surface area contributed by atoms with Gasteiger partial charge in [-0.2, -0.15) is 0 Å². The third kappa shape index (κ3) is 3.05. The smallest absolute Gasteiger partial charge is 0.222 e. The van der Waals surface area contributed by atoms with E-state index < -0.39 is 0 Å². The van der Waals surface area contributed by atoms with Gasteiger partial charge in [0.25, 0.3) is 0 Å². The molecule has 2 aliphatic rings. The molecule has 0 aromatic heterocycles. The van der Waals surface area contributed by atoms with Crippen LogP contribution in [0.5, 0.6) is 5.75 Å². The molecule has 21 heavy (non-hydrogen) atoms. The normalized spacial score (nSPS) is 29.1. The lowest BCUT2D eigenvalue weighted by Gasteiger charge is -2.41. The average molecular weight is 288 g/mol. The van der Waals surface area contributed by atoms with Crippen molar-refractivity contribution >= 4 is 5.91 Å². The molecule has 1 heterocycles. The van der Waals surface area contributed by atoms with E-state index >= 15 is 0 Å². The molecule has 0 radical (unpaired) electrons. The molecule has 1 unspecified atom stereocenters. The highest BCUT2D eigenvalue weighted by Gasteiger charge is 2.34. The summed E-state index contributed by atoms with van der Waals surface area (Å²) in [7, 11) is 3.64. The zero-order chi connectivity index (χ0) is 14.8. The van der Waals surface area contributed by atoms with Crippen molar-refractivity contribution in [3.8, 4) is 5.75 Å². The second-order valence-electron chi connectivity index (χ2n) is 6.28. The Labute approximate surface area is 126 Å². The van der Waals surface area contributed by atoms with Gasteiger partial charge in [0.1, 0.15) is 5.75 Å². The van der Waals surface area contributed by atoms with Crippen molar-refractivity contribution in [2.24, 2.45) is 0 Å². The van der Waals surface area contributed by atoms with E-state index in [0.29, 0.717) is 24.4 Å². The summed E-state index contributed by atoms with van der Waals surface area (Å²) >= 11 is 0. The molecule has 1 amide bonds. The fourth-order valence-electron chi connectivity index (χ4n) is 3.49. The molecule has 1 N–H and O–H groups in total. The van der Waals surface area contributed by atoms with E-state index in [1.807, 2.05) is 24.1 Å². The Balaban J connectivity index is 1.51. The number of carbonyl (C=O) groups is 1. The van der Waals surface area contributed by atoms with E-state index in [-0.39, 0.29) is 5.91 Å². The monoisotopic (exact) mass is 288 g/mol. The first-order valence-electron chi connectivity index (χ1n) is 7.80. The van der Waals surface area contributed by atoms with Crippen LogP contribution < -0.4 is 10.1 Å². The summed E-state index contributed by atoms with van der Waals surface area (Å²) in [5.74, 6) is 1.87. The lowest BCUT2D eigenvalue weighted by molar-refractivity contribution is -0.132. The van der Waals surface area contributed by atoms with Crippen LogP contribution in [0.2, 0.25) is 0 Å². The zero-order valence-electron chi connectivity index (χ0n) is 12.8. The number of amides is 1.